The van der Waals surface area contributed by atoms with Gasteiger partial charge in [-0.15, -0.1) is 0 Å². The summed E-state index contributed by atoms with van der Waals surface area (Å²) in [5, 5.41) is 6.58. The molecule has 1 aromatic heterocycles. The fraction of sp³-hybridized carbons (Fsp3) is 0.643. The Kier molecular flexibility index (Phi) is 5.75. The zero-order chi connectivity index (χ0) is 13.3. The molecule has 5 heteroatoms. The Morgan fingerprint density at radius 2 is 2.32 bits per heavy atom. The maximum atomic E-state index is 5.59. The van der Waals surface area contributed by atoms with Crippen molar-refractivity contribution >= 4 is 5.96 Å². The number of hydrogen-bond donors (Lipinski definition) is 2. The molecule has 0 bridgehead atoms. The summed E-state index contributed by atoms with van der Waals surface area (Å²) in [6.45, 7) is 2.62. The Morgan fingerprint density at radius 3 is 3.00 bits per heavy atom. The molecule has 0 spiro atoms. The van der Waals surface area contributed by atoms with E-state index in [9.17, 15) is 0 Å². The van der Waals surface area contributed by atoms with E-state index in [-0.39, 0.29) is 0 Å². The maximum Gasteiger partial charge on any atom is 0.190 e. The number of hydrogen-bond acceptors (Lipinski definition) is 3. The molecule has 0 saturated carbocycles. The van der Waals surface area contributed by atoms with Gasteiger partial charge in [0.15, 0.2) is 5.96 Å². The summed E-state index contributed by atoms with van der Waals surface area (Å²) < 4.78 is 10.9. The molecule has 106 valence electrons. The summed E-state index contributed by atoms with van der Waals surface area (Å²) in [7, 11) is 1.79. The van der Waals surface area contributed by atoms with Crippen molar-refractivity contribution in [1.82, 2.24) is 10.6 Å². The van der Waals surface area contributed by atoms with E-state index in [0.717, 1.165) is 44.3 Å². The Balaban J connectivity index is 1.57. The number of guanidine groups is 1. The topological polar surface area (TPSA) is 58.8 Å². The molecular formula is C14H23N3O2. The number of ether oxygens (including phenoxy) is 1. The van der Waals surface area contributed by atoms with Crippen LogP contribution in [-0.2, 0) is 11.2 Å². The number of aliphatic imine (C=N–C) groups is 1. The van der Waals surface area contributed by atoms with Crippen LogP contribution in [0.3, 0.4) is 0 Å². The van der Waals surface area contributed by atoms with Crippen LogP contribution in [0.2, 0.25) is 0 Å². The van der Waals surface area contributed by atoms with Gasteiger partial charge in [-0.3, -0.25) is 4.99 Å². The highest BCUT2D eigenvalue weighted by molar-refractivity contribution is 5.79. The van der Waals surface area contributed by atoms with Crippen molar-refractivity contribution in [1.29, 1.82) is 0 Å². The van der Waals surface area contributed by atoms with Crippen LogP contribution in [0.5, 0.6) is 0 Å². The third-order valence-corrected chi connectivity index (χ3v) is 3.25. The molecule has 2 N–H and O–H groups in total. The van der Waals surface area contributed by atoms with Crippen LogP contribution in [0.1, 0.15) is 25.0 Å². The lowest BCUT2D eigenvalue weighted by Crippen LogP contribution is -2.39. The molecule has 19 heavy (non-hydrogen) atoms. The number of nitrogens with one attached hydrogen (secondary N) is 2. The molecule has 0 radical (unpaired) electrons. The van der Waals surface area contributed by atoms with Gasteiger partial charge in [-0.25, -0.2) is 0 Å². The van der Waals surface area contributed by atoms with Crippen molar-refractivity contribution in [3.05, 3.63) is 24.2 Å². The van der Waals surface area contributed by atoms with Crippen molar-refractivity contribution in [3.63, 3.8) is 0 Å². The summed E-state index contributed by atoms with van der Waals surface area (Å²) in [4.78, 5) is 4.19. The average Bonchev–Trinajstić information content (AvgIpc) is 3.10. The SMILES string of the molecule is CN=C(NCCc1ccco1)NCCC1CCCO1. The van der Waals surface area contributed by atoms with Gasteiger partial charge in [-0.2, -0.15) is 0 Å². The molecular weight excluding hydrogens is 242 g/mol. The molecule has 2 rings (SSSR count). The number of nitrogens with zero attached hydrogens (tertiary/aromatic N) is 1. The lowest BCUT2D eigenvalue weighted by molar-refractivity contribution is 0.105. The van der Waals surface area contributed by atoms with E-state index in [1.807, 2.05) is 12.1 Å². The Labute approximate surface area is 114 Å². The van der Waals surface area contributed by atoms with Crippen LogP contribution in [-0.4, -0.2) is 38.8 Å². The Morgan fingerprint density at radius 1 is 1.42 bits per heavy atom. The van der Waals surface area contributed by atoms with Gasteiger partial charge in [0.2, 0.25) is 0 Å². The monoisotopic (exact) mass is 265 g/mol. The minimum atomic E-state index is 0.425. The van der Waals surface area contributed by atoms with E-state index in [1.54, 1.807) is 13.3 Å². The smallest absolute Gasteiger partial charge is 0.190 e. The third kappa shape index (κ3) is 4.95. The molecule has 1 saturated heterocycles. The predicted molar refractivity (Wildman–Crippen MR) is 75.4 cm³/mol. The predicted octanol–water partition coefficient (Wildman–Crippen LogP) is 1.56. The van der Waals surface area contributed by atoms with Gasteiger partial charge in [-0.05, 0) is 31.4 Å². The Hall–Kier alpha value is -1.49. The summed E-state index contributed by atoms with van der Waals surface area (Å²) >= 11 is 0. The maximum absolute atomic E-state index is 5.59. The van der Waals surface area contributed by atoms with Crippen LogP contribution < -0.4 is 10.6 Å². The largest absolute Gasteiger partial charge is 0.469 e. The zero-order valence-electron chi connectivity index (χ0n) is 11.5. The van der Waals surface area contributed by atoms with E-state index in [1.165, 1.54) is 12.8 Å². The van der Waals surface area contributed by atoms with E-state index >= 15 is 0 Å². The van der Waals surface area contributed by atoms with Crippen molar-refractivity contribution in [3.8, 4) is 0 Å². The van der Waals surface area contributed by atoms with Gasteiger partial charge in [-0.1, -0.05) is 0 Å². The van der Waals surface area contributed by atoms with Gasteiger partial charge in [0.1, 0.15) is 5.76 Å². The van der Waals surface area contributed by atoms with Crippen LogP contribution in [0.25, 0.3) is 0 Å². The molecule has 1 aromatic rings. The third-order valence-electron chi connectivity index (χ3n) is 3.25. The average molecular weight is 265 g/mol. The number of rotatable bonds is 6. The van der Waals surface area contributed by atoms with Crippen molar-refractivity contribution in [2.24, 2.45) is 4.99 Å². The first-order valence-corrected chi connectivity index (χ1v) is 6.97. The standard InChI is InChI=1S/C14H23N3O2/c1-15-14(16-8-6-12-4-2-10-18-12)17-9-7-13-5-3-11-19-13/h2,4,10,13H,3,5-9,11H2,1H3,(H2,15,16,17). The van der Waals surface area contributed by atoms with Gasteiger partial charge >= 0.3 is 0 Å². The summed E-state index contributed by atoms with van der Waals surface area (Å²) in [6.07, 6.45) is 6.41. The first-order chi connectivity index (χ1) is 9.38. The molecule has 0 aliphatic carbocycles. The van der Waals surface area contributed by atoms with Crippen molar-refractivity contribution < 1.29 is 9.15 Å². The summed E-state index contributed by atoms with van der Waals surface area (Å²) in [5.74, 6) is 1.83. The highest BCUT2D eigenvalue weighted by Crippen LogP contribution is 2.14. The quantitative estimate of drug-likeness (QED) is 0.605. The fourth-order valence-corrected chi connectivity index (χ4v) is 2.20. The summed E-state index contributed by atoms with van der Waals surface area (Å²) in [6, 6.07) is 3.89. The minimum Gasteiger partial charge on any atom is -0.469 e. The molecule has 0 amide bonds. The van der Waals surface area contributed by atoms with Gasteiger partial charge in [0.25, 0.3) is 0 Å². The Bertz CT molecular complexity index is 370. The van der Waals surface area contributed by atoms with Crippen LogP contribution >= 0.6 is 0 Å². The van der Waals surface area contributed by atoms with Gasteiger partial charge in [0.05, 0.1) is 12.4 Å². The first kappa shape index (κ1) is 13.9. The second-order valence-corrected chi connectivity index (χ2v) is 4.68. The van der Waals surface area contributed by atoms with Crippen molar-refractivity contribution in [2.45, 2.75) is 31.8 Å². The second-order valence-electron chi connectivity index (χ2n) is 4.68. The van der Waals surface area contributed by atoms with Gasteiger partial charge < -0.3 is 19.8 Å². The van der Waals surface area contributed by atoms with E-state index in [2.05, 4.69) is 15.6 Å². The van der Waals surface area contributed by atoms with E-state index < -0.39 is 0 Å². The molecule has 5 nitrogen and oxygen atoms in total. The molecule has 2 heterocycles. The van der Waals surface area contributed by atoms with E-state index in [0.29, 0.717) is 6.10 Å². The molecule has 1 aliphatic rings. The van der Waals surface area contributed by atoms with Gasteiger partial charge in [0, 0.05) is 33.2 Å². The zero-order valence-corrected chi connectivity index (χ0v) is 11.5. The lowest BCUT2D eigenvalue weighted by Gasteiger charge is -2.13. The first-order valence-electron chi connectivity index (χ1n) is 6.97. The fourth-order valence-electron chi connectivity index (χ4n) is 2.20. The normalized spacial score (nSPS) is 19.6. The van der Waals surface area contributed by atoms with Crippen molar-refractivity contribution in [2.75, 3.05) is 26.7 Å². The summed E-state index contributed by atoms with van der Waals surface area (Å²) in [5.41, 5.74) is 0. The van der Waals surface area contributed by atoms with E-state index in [4.69, 9.17) is 9.15 Å². The molecule has 1 unspecified atom stereocenters. The number of furan rings is 1. The minimum absolute atomic E-state index is 0.425. The van der Waals surface area contributed by atoms with Crippen LogP contribution in [0.4, 0.5) is 0 Å². The molecule has 1 fully saturated rings. The van der Waals surface area contributed by atoms with Crippen LogP contribution in [0, 0.1) is 0 Å². The van der Waals surface area contributed by atoms with Crippen LogP contribution in [0.15, 0.2) is 27.8 Å². The molecule has 1 aliphatic heterocycles. The lowest BCUT2D eigenvalue weighted by atomic mass is 10.2. The highest BCUT2D eigenvalue weighted by Gasteiger charge is 2.14. The molecule has 1 atom stereocenters. The molecule has 0 aromatic carbocycles. The highest BCUT2D eigenvalue weighted by atomic mass is 16.5. The second kappa shape index (κ2) is 7.84.